The molecule has 0 radical (unpaired) electrons. The van der Waals surface area contributed by atoms with Gasteiger partial charge in [0.15, 0.2) is 0 Å². The van der Waals surface area contributed by atoms with E-state index >= 15 is 0 Å². The van der Waals surface area contributed by atoms with E-state index in [1.807, 2.05) is 31.2 Å². The summed E-state index contributed by atoms with van der Waals surface area (Å²) in [6.07, 6.45) is 0.553. The lowest BCUT2D eigenvalue weighted by Gasteiger charge is -2.14. The molecule has 0 heterocycles. The summed E-state index contributed by atoms with van der Waals surface area (Å²) in [5.74, 6) is 0.800. The van der Waals surface area contributed by atoms with E-state index in [2.05, 4.69) is 0 Å². The molecule has 112 valence electrons. The summed E-state index contributed by atoms with van der Waals surface area (Å²) in [6.45, 7) is 2.02. The molecule has 0 saturated carbocycles. The van der Waals surface area contributed by atoms with Crippen molar-refractivity contribution in [2.75, 3.05) is 7.11 Å². The van der Waals surface area contributed by atoms with E-state index in [-0.39, 0.29) is 0 Å². The number of halogens is 2. The van der Waals surface area contributed by atoms with Crippen LogP contribution in [0.5, 0.6) is 5.75 Å². The second-order valence-corrected chi connectivity index (χ2v) is 5.94. The highest BCUT2D eigenvalue weighted by molar-refractivity contribution is 6.42. The fourth-order valence-electron chi connectivity index (χ4n) is 2.33. The zero-order valence-electron chi connectivity index (χ0n) is 12.1. The molecule has 21 heavy (non-hydrogen) atoms. The van der Waals surface area contributed by atoms with E-state index in [1.165, 1.54) is 0 Å². The summed E-state index contributed by atoms with van der Waals surface area (Å²) >= 11 is 11.9. The van der Waals surface area contributed by atoms with E-state index in [4.69, 9.17) is 27.9 Å². The van der Waals surface area contributed by atoms with Gasteiger partial charge in [-0.05, 0) is 42.7 Å². The largest absolute Gasteiger partial charge is 0.496 e. The fraction of sp³-hybridized carbons (Fsp3) is 0.294. The molecule has 0 spiro atoms. The average molecular weight is 325 g/mol. The number of rotatable bonds is 5. The van der Waals surface area contributed by atoms with Crippen molar-refractivity contribution in [2.24, 2.45) is 0 Å². The Morgan fingerprint density at radius 2 is 1.81 bits per heavy atom. The van der Waals surface area contributed by atoms with Gasteiger partial charge in [0.25, 0.3) is 0 Å². The Morgan fingerprint density at radius 1 is 1.05 bits per heavy atom. The predicted molar refractivity (Wildman–Crippen MR) is 87.6 cm³/mol. The SMILES string of the molecule is COc1ccc(C)cc1CC(O)Cc1ccc(Cl)c(Cl)c1. The van der Waals surface area contributed by atoms with Gasteiger partial charge in [0, 0.05) is 6.42 Å². The number of aliphatic hydroxyl groups is 1. The lowest BCUT2D eigenvalue weighted by atomic mass is 9.99. The van der Waals surface area contributed by atoms with Crippen LogP contribution in [0, 0.1) is 6.92 Å². The number of aliphatic hydroxyl groups excluding tert-OH is 1. The summed E-state index contributed by atoms with van der Waals surface area (Å²) in [6, 6.07) is 11.4. The van der Waals surface area contributed by atoms with Gasteiger partial charge in [-0.3, -0.25) is 0 Å². The maximum absolute atomic E-state index is 10.3. The lowest BCUT2D eigenvalue weighted by Crippen LogP contribution is -2.14. The molecule has 1 N–H and O–H groups in total. The highest BCUT2D eigenvalue weighted by Crippen LogP contribution is 2.25. The van der Waals surface area contributed by atoms with Crippen LogP contribution >= 0.6 is 23.2 Å². The van der Waals surface area contributed by atoms with Crippen molar-refractivity contribution in [2.45, 2.75) is 25.9 Å². The highest BCUT2D eigenvalue weighted by atomic mass is 35.5. The lowest BCUT2D eigenvalue weighted by molar-refractivity contribution is 0.174. The molecule has 2 rings (SSSR count). The number of hydrogen-bond donors (Lipinski definition) is 1. The van der Waals surface area contributed by atoms with Gasteiger partial charge in [0.1, 0.15) is 5.75 Å². The minimum atomic E-state index is -0.502. The zero-order chi connectivity index (χ0) is 15.4. The summed E-state index contributed by atoms with van der Waals surface area (Å²) in [5.41, 5.74) is 3.11. The summed E-state index contributed by atoms with van der Waals surface area (Å²) in [5, 5.41) is 11.3. The van der Waals surface area contributed by atoms with E-state index in [1.54, 1.807) is 19.2 Å². The van der Waals surface area contributed by atoms with Gasteiger partial charge >= 0.3 is 0 Å². The Kier molecular flexibility index (Phi) is 5.51. The molecule has 1 unspecified atom stereocenters. The van der Waals surface area contributed by atoms with Crippen molar-refractivity contribution in [1.29, 1.82) is 0 Å². The molecule has 2 aromatic rings. The first-order valence-corrected chi connectivity index (χ1v) is 7.50. The normalized spacial score (nSPS) is 12.2. The number of ether oxygens (including phenoxy) is 1. The van der Waals surface area contributed by atoms with Crippen LogP contribution < -0.4 is 4.74 Å². The van der Waals surface area contributed by atoms with E-state index in [9.17, 15) is 5.11 Å². The zero-order valence-corrected chi connectivity index (χ0v) is 13.6. The number of hydrogen-bond acceptors (Lipinski definition) is 2. The van der Waals surface area contributed by atoms with E-state index in [0.717, 1.165) is 22.4 Å². The molecule has 0 bridgehead atoms. The number of aryl methyl sites for hydroxylation is 1. The van der Waals surface area contributed by atoms with Crippen LogP contribution in [0.15, 0.2) is 36.4 Å². The molecular formula is C17H18Cl2O2. The fourth-order valence-corrected chi connectivity index (χ4v) is 2.65. The first-order chi connectivity index (χ1) is 9.99. The molecule has 0 aliphatic carbocycles. The van der Waals surface area contributed by atoms with Crippen molar-refractivity contribution in [3.8, 4) is 5.75 Å². The molecule has 0 fully saturated rings. The molecule has 0 aromatic heterocycles. The molecule has 4 heteroatoms. The van der Waals surface area contributed by atoms with Gasteiger partial charge in [-0.1, -0.05) is 47.0 Å². The quantitative estimate of drug-likeness (QED) is 0.880. The Morgan fingerprint density at radius 3 is 2.48 bits per heavy atom. The third-order valence-corrected chi connectivity index (χ3v) is 4.09. The maximum Gasteiger partial charge on any atom is 0.122 e. The minimum absolute atomic E-state index is 0.502. The van der Waals surface area contributed by atoms with E-state index in [0.29, 0.717) is 22.9 Å². The highest BCUT2D eigenvalue weighted by Gasteiger charge is 2.12. The molecule has 0 aliphatic heterocycles. The first-order valence-electron chi connectivity index (χ1n) is 6.75. The van der Waals surface area contributed by atoms with Gasteiger partial charge in [-0.15, -0.1) is 0 Å². The third kappa shape index (κ3) is 4.37. The van der Waals surface area contributed by atoms with Crippen molar-refractivity contribution in [3.05, 3.63) is 63.1 Å². The second kappa shape index (κ2) is 7.17. The molecule has 2 nitrogen and oxygen atoms in total. The van der Waals surface area contributed by atoms with Crippen molar-refractivity contribution in [3.63, 3.8) is 0 Å². The van der Waals surface area contributed by atoms with Crippen LogP contribution in [0.4, 0.5) is 0 Å². The van der Waals surface area contributed by atoms with Gasteiger partial charge in [-0.2, -0.15) is 0 Å². The maximum atomic E-state index is 10.3. The molecule has 0 aliphatic rings. The molecule has 0 saturated heterocycles. The van der Waals surface area contributed by atoms with Crippen molar-refractivity contribution in [1.82, 2.24) is 0 Å². The number of methoxy groups -OCH3 is 1. The average Bonchev–Trinajstić information content (AvgIpc) is 2.43. The molecule has 0 amide bonds. The standard InChI is InChI=1S/C17H18Cl2O2/c1-11-3-6-17(21-2)13(7-11)10-14(20)8-12-4-5-15(18)16(19)9-12/h3-7,9,14,20H,8,10H2,1-2H3. The summed E-state index contributed by atoms with van der Waals surface area (Å²) in [7, 11) is 1.64. The van der Waals surface area contributed by atoms with Gasteiger partial charge < -0.3 is 9.84 Å². The van der Waals surface area contributed by atoms with Crippen LogP contribution in [-0.2, 0) is 12.8 Å². The predicted octanol–water partition coefficient (Wildman–Crippen LogP) is 4.46. The minimum Gasteiger partial charge on any atom is -0.496 e. The van der Waals surface area contributed by atoms with E-state index < -0.39 is 6.10 Å². The Balaban J connectivity index is 2.09. The van der Waals surface area contributed by atoms with Crippen molar-refractivity contribution >= 4 is 23.2 Å². The Labute approximate surface area is 135 Å². The molecular weight excluding hydrogens is 307 g/mol. The Hall–Kier alpha value is -1.22. The summed E-state index contributed by atoms with van der Waals surface area (Å²) in [4.78, 5) is 0. The van der Waals surface area contributed by atoms with Gasteiger partial charge in [0.2, 0.25) is 0 Å². The van der Waals surface area contributed by atoms with Crippen LogP contribution in [0.2, 0.25) is 10.0 Å². The third-order valence-electron chi connectivity index (χ3n) is 3.35. The van der Waals surface area contributed by atoms with Crippen LogP contribution in [-0.4, -0.2) is 18.3 Å². The van der Waals surface area contributed by atoms with Crippen LogP contribution in [0.3, 0.4) is 0 Å². The summed E-state index contributed by atoms with van der Waals surface area (Å²) < 4.78 is 5.34. The number of benzene rings is 2. The van der Waals surface area contributed by atoms with Gasteiger partial charge in [0.05, 0.1) is 23.3 Å². The first kappa shape index (κ1) is 16.2. The van der Waals surface area contributed by atoms with Crippen LogP contribution in [0.25, 0.3) is 0 Å². The van der Waals surface area contributed by atoms with Gasteiger partial charge in [-0.25, -0.2) is 0 Å². The molecule has 2 aromatic carbocycles. The Bertz CT molecular complexity index is 626. The molecule has 1 atom stereocenters. The monoisotopic (exact) mass is 324 g/mol. The topological polar surface area (TPSA) is 29.5 Å². The van der Waals surface area contributed by atoms with Crippen LogP contribution in [0.1, 0.15) is 16.7 Å². The smallest absolute Gasteiger partial charge is 0.122 e. The van der Waals surface area contributed by atoms with Crippen molar-refractivity contribution < 1.29 is 9.84 Å². The second-order valence-electron chi connectivity index (χ2n) is 5.13.